The summed E-state index contributed by atoms with van der Waals surface area (Å²) in [5.41, 5.74) is 3.48. The summed E-state index contributed by atoms with van der Waals surface area (Å²) >= 11 is 0. The van der Waals surface area contributed by atoms with E-state index in [1.807, 2.05) is 12.1 Å². The first-order valence-electron chi connectivity index (χ1n) is 5.09. The van der Waals surface area contributed by atoms with Gasteiger partial charge in [-0.2, -0.15) is 0 Å². The first-order valence-corrected chi connectivity index (χ1v) is 5.09. The predicted octanol–water partition coefficient (Wildman–Crippen LogP) is 3.47. The summed E-state index contributed by atoms with van der Waals surface area (Å²) in [7, 11) is 0. The van der Waals surface area contributed by atoms with Gasteiger partial charge in [0.2, 0.25) is 0 Å². The molecule has 74 valence electrons. The van der Waals surface area contributed by atoms with Gasteiger partial charge in [0.25, 0.3) is 0 Å². The molecule has 1 nitrogen and oxygen atoms in total. The number of fused-ring (bicyclic) bond motifs is 3. The standard InChI is InChI=1S/C14H12O/c1-9-10(2)15-14-12(9)8-7-11-5-3-4-6-13(11)14/h3-8,12,14H,1-2H2. The van der Waals surface area contributed by atoms with Crippen LogP contribution in [-0.4, -0.2) is 0 Å². The molecule has 1 aliphatic heterocycles. The fourth-order valence-corrected chi connectivity index (χ4v) is 2.27. The van der Waals surface area contributed by atoms with Crippen LogP contribution >= 0.6 is 0 Å². The van der Waals surface area contributed by atoms with Crippen LogP contribution in [-0.2, 0) is 4.74 Å². The summed E-state index contributed by atoms with van der Waals surface area (Å²) in [5.74, 6) is 0.999. The van der Waals surface area contributed by atoms with Crippen LogP contribution in [0.5, 0.6) is 0 Å². The summed E-state index contributed by atoms with van der Waals surface area (Å²) in [6.45, 7) is 7.89. The van der Waals surface area contributed by atoms with Gasteiger partial charge < -0.3 is 4.74 Å². The monoisotopic (exact) mass is 196 g/mol. The Balaban J connectivity index is 2.15. The van der Waals surface area contributed by atoms with Gasteiger partial charge in [0.15, 0.2) is 0 Å². The lowest BCUT2D eigenvalue weighted by atomic mass is 9.85. The van der Waals surface area contributed by atoms with Gasteiger partial charge in [-0.3, -0.25) is 0 Å². The van der Waals surface area contributed by atoms with Crippen molar-refractivity contribution >= 4 is 6.08 Å². The lowest BCUT2D eigenvalue weighted by molar-refractivity contribution is 0.144. The Bertz CT molecular complexity index is 482. The molecule has 2 aliphatic rings. The van der Waals surface area contributed by atoms with E-state index < -0.39 is 0 Å². The normalized spacial score (nSPS) is 27.2. The van der Waals surface area contributed by atoms with Gasteiger partial charge in [-0.25, -0.2) is 0 Å². The molecule has 0 saturated carbocycles. The smallest absolute Gasteiger partial charge is 0.135 e. The van der Waals surface area contributed by atoms with E-state index in [9.17, 15) is 0 Å². The van der Waals surface area contributed by atoms with Crippen molar-refractivity contribution in [3.05, 3.63) is 66.0 Å². The van der Waals surface area contributed by atoms with Crippen molar-refractivity contribution in [2.45, 2.75) is 6.10 Å². The Hall–Kier alpha value is -1.76. The summed E-state index contributed by atoms with van der Waals surface area (Å²) < 4.78 is 5.76. The van der Waals surface area contributed by atoms with Crippen LogP contribution in [0.2, 0.25) is 0 Å². The van der Waals surface area contributed by atoms with Crippen molar-refractivity contribution in [2.75, 3.05) is 0 Å². The van der Waals surface area contributed by atoms with Crippen molar-refractivity contribution < 1.29 is 4.74 Å². The zero-order valence-electron chi connectivity index (χ0n) is 8.44. The zero-order chi connectivity index (χ0) is 10.4. The topological polar surface area (TPSA) is 9.23 Å². The van der Waals surface area contributed by atoms with Crippen LogP contribution in [0.4, 0.5) is 0 Å². The lowest BCUT2D eigenvalue weighted by Crippen LogP contribution is -2.10. The van der Waals surface area contributed by atoms with Gasteiger partial charge in [0, 0.05) is 11.5 Å². The van der Waals surface area contributed by atoms with Gasteiger partial charge in [-0.05, 0) is 11.1 Å². The number of hydrogen-bond acceptors (Lipinski definition) is 1. The Kier molecular flexibility index (Phi) is 1.63. The average Bonchev–Trinajstić information content (AvgIpc) is 2.56. The average molecular weight is 196 g/mol. The van der Waals surface area contributed by atoms with Crippen molar-refractivity contribution in [3.8, 4) is 0 Å². The molecule has 1 aromatic rings. The van der Waals surface area contributed by atoms with Crippen LogP contribution in [0.3, 0.4) is 0 Å². The maximum absolute atomic E-state index is 5.76. The number of ether oxygens (including phenoxy) is 1. The predicted molar refractivity (Wildman–Crippen MR) is 61.1 cm³/mol. The quantitative estimate of drug-likeness (QED) is 0.617. The van der Waals surface area contributed by atoms with Crippen LogP contribution in [0.15, 0.2) is 54.8 Å². The molecule has 0 aromatic heterocycles. The van der Waals surface area contributed by atoms with Crippen molar-refractivity contribution in [2.24, 2.45) is 5.92 Å². The van der Waals surface area contributed by atoms with E-state index in [0.717, 1.165) is 11.3 Å². The maximum Gasteiger partial charge on any atom is 0.135 e. The molecule has 0 bridgehead atoms. The summed E-state index contributed by atoms with van der Waals surface area (Å²) in [6.07, 6.45) is 4.39. The van der Waals surface area contributed by atoms with Crippen LogP contribution < -0.4 is 0 Å². The Morgan fingerprint density at radius 3 is 2.80 bits per heavy atom. The third-order valence-corrected chi connectivity index (χ3v) is 3.14. The van der Waals surface area contributed by atoms with Gasteiger partial charge >= 0.3 is 0 Å². The second kappa shape index (κ2) is 2.86. The molecule has 0 amide bonds. The minimum absolute atomic E-state index is 0.0891. The summed E-state index contributed by atoms with van der Waals surface area (Å²) in [4.78, 5) is 0. The lowest BCUT2D eigenvalue weighted by Gasteiger charge is -2.21. The van der Waals surface area contributed by atoms with E-state index in [2.05, 4.69) is 37.4 Å². The molecule has 0 spiro atoms. The molecule has 1 saturated heterocycles. The first kappa shape index (κ1) is 8.54. The highest BCUT2D eigenvalue weighted by atomic mass is 16.5. The second-order valence-electron chi connectivity index (χ2n) is 4.00. The highest BCUT2D eigenvalue weighted by Crippen LogP contribution is 2.47. The Morgan fingerprint density at radius 1 is 1.13 bits per heavy atom. The van der Waals surface area contributed by atoms with E-state index in [1.165, 1.54) is 11.1 Å². The minimum atomic E-state index is 0.0891. The highest BCUT2D eigenvalue weighted by Gasteiger charge is 2.36. The molecule has 1 fully saturated rings. The second-order valence-corrected chi connectivity index (χ2v) is 4.00. The molecule has 1 heteroatoms. The molecule has 2 atom stereocenters. The largest absolute Gasteiger partial charge is 0.485 e. The van der Waals surface area contributed by atoms with E-state index in [0.29, 0.717) is 0 Å². The third-order valence-electron chi connectivity index (χ3n) is 3.14. The van der Waals surface area contributed by atoms with Gasteiger partial charge in [0.05, 0.1) is 0 Å². The highest BCUT2D eigenvalue weighted by molar-refractivity contribution is 5.60. The molecular weight excluding hydrogens is 184 g/mol. The van der Waals surface area contributed by atoms with E-state index in [1.54, 1.807) is 0 Å². The van der Waals surface area contributed by atoms with E-state index in [-0.39, 0.29) is 12.0 Å². The van der Waals surface area contributed by atoms with Crippen LogP contribution in [0, 0.1) is 5.92 Å². The van der Waals surface area contributed by atoms with Gasteiger partial charge in [0.1, 0.15) is 11.9 Å². The molecule has 0 radical (unpaired) electrons. The molecule has 3 rings (SSSR count). The van der Waals surface area contributed by atoms with E-state index in [4.69, 9.17) is 4.74 Å². The third kappa shape index (κ3) is 1.09. The fraction of sp³-hybridized carbons (Fsp3) is 0.143. The maximum atomic E-state index is 5.76. The minimum Gasteiger partial charge on any atom is -0.485 e. The number of benzene rings is 1. The number of rotatable bonds is 0. The Labute approximate surface area is 89.4 Å². The molecular formula is C14H12O. The van der Waals surface area contributed by atoms with Crippen LogP contribution in [0.1, 0.15) is 17.2 Å². The van der Waals surface area contributed by atoms with Crippen molar-refractivity contribution in [1.29, 1.82) is 0 Å². The first-order chi connectivity index (χ1) is 7.27. The zero-order valence-corrected chi connectivity index (χ0v) is 8.44. The van der Waals surface area contributed by atoms with Crippen LogP contribution in [0.25, 0.3) is 6.08 Å². The fourth-order valence-electron chi connectivity index (χ4n) is 2.27. The van der Waals surface area contributed by atoms with Crippen molar-refractivity contribution in [3.63, 3.8) is 0 Å². The van der Waals surface area contributed by atoms with Crippen molar-refractivity contribution in [1.82, 2.24) is 0 Å². The molecule has 1 aromatic carbocycles. The molecule has 2 unspecified atom stereocenters. The summed E-state index contributed by atoms with van der Waals surface area (Å²) in [5, 5.41) is 0. The van der Waals surface area contributed by atoms with Gasteiger partial charge in [-0.1, -0.05) is 49.6 Å². The molecule has 0 N–H and O–H groups in total. The number of allylic oxidation sites excluding steroid dienone is 1. The summed E-state index contributed by atoms with van der Waals surface area (Å²) in [6, 6.07) is 8.31. The molecule has 1 aliphatic carbocycles. The Morgan fingerprint density at radius 2 is 1.93 bits per heavy atom. The molecule has 15 heavy (non-hydrogen) atoms. The van der Waals surface area contributed by atoms with Gasteiger partial charge in [-0.15, -0.1) is 0 Å². The van der Waals surface area contributed by atoms with E-state index >= 15 is 0 Å². The SMILES string of the molecule is C=C1OC2c3ccccc3C=CC2C1=C. The number of hydrogen-bond donors (Lipinski definition) is 0. The molecule has 1 heterocycles.